The molecular weight excluding hydrogens is 263 g/mol. The Morgan fingerprint density at radius 1 is 1.26 bits per heavy atom. The van der Waals surface area contributed by atoms with Crippen molar-refractivity contribution in [2.24, 2.45) is 5.73 Å². The molecule has 0 aliphatic heterocycles. The van der Waals surface area contributed by atoms with E-state index < -0.39 is 0 Å². The molecule has 2 rings (SSSR count). The van der Waals surface area contributed by atoms with Gasteiger partial charge in [0.25, 0.3) is 0 Å². The Morgan fingerprint density at radius 2 is 2.05 bits per heavy atom. The topological polar surface area (TPSA) is 38.0 Å². The van der Waals surface area contributed by atoms with Crippen LogP contribution in [0.2, 0.25) is 5.02 Å². The Balaban J connectivity index is 2.27. The standard InChI is InChI=1S/C15H16ClFN2/c1-10-5-6-12(17)8-14(10)15(9-18)19-13-4-2-3-11(16)7-13/h2-8,15,19H,9,18H2,1H3. The molecule has 0 fully saturated rings. The number of anilines is 1. The van der Waals surface area contributed by atoms with Crippen LogP contribution in [0.1, 0.15) is 17.2 Å². The maximum Gasteiger partial charge on any atom is 0.123 e. The lowest BCUT2D eigenvalue weighted by Crippen LogP contribution is -2.21. The molecule has 0 aliphatic rings. The van der Waals surface area contributed by atoms with Crippen LogP contribution in [0.15, 0.2) is 42.5 Å². The van der Waals surface area contributed by atoms with E-state index in [0.717, 1.165) is 16.8 Å². The van der Waals surface area contributed by atoms with Crippen LogP contribution in [0.4, 0.5) is 10.1 Å². The van der Waals surface area contributed by atoms with E-state index in [1.54, 1.807) is 12.1 Å². The zero-order chi connectivity index (χ0) is 13.8. The molecule has 100 valence electrons. The Bertz CT molecular complexity index is 572. The highest BCUT2D eigenvalue weighted by molar-refractivity contribution is 6.30. The molecule has 4 heteroatoms. The van der Waals surface area contributed by atoms with Crippen molar-refractivity contribution in [1.82, 2.24) is 0 Å². The molecule has 0 aliphatic carbocycles. The molecule has 1 unspecified atom stereocenters. The second-order valence-corrected chi connectivity index (χ2v) is 4.88. The molecule has 0 saturated carbocycles. The summed E-state index contributed by atoms with van der Waals surface area (Å²) in [4.78, 5) is 0. The SMILES string of the molecule is Cc1ccc(F)cc1C(CN)Nc1cccc(Cl)c1. The monoisotopic (exact) mass is 278 g/mol. The molecule has 0 amide bonds. The van der Waals surface area contributed by atoms with Crippen LogP contribution in [0.3, 0.4) is 0 Å². The third-order valence-corrected chi connectivity index (χ3v) is 3.25. The fraction of sp³-hybridized carbons (Fsp3) is 0.200. The lowest BCUT2D eigenvalue weighted by Gasteiger charge is -2.20. The van der Waals surface area contributed by atoms with Crippen LogP contribution >= 0.6 is 11.6 Å². The molecule has 0 heterocycles. The molecular formula is C15H16ClFN2. The van der Waals surface area contributed by atoms with Gasteiger partial charge in [0, 0.05) is 17.3 Å². The first-order chi connectivity index (χ1) is 9.10. The lowest BCUT2D eigenvalue weighted by atomic mass is 10.0. The molecule has 0 radical (unpaired) electrons. The Morgan fingerprint density at radius 3 is 2.74 bits per heavy atom. The summed E-state index contributed by atoms with van der Waals surface area (Å²) < 4.78 is 13.4. The van der Waals surface area contributed by atoms with E-state index in [9.17, 15) is 4.39 Å². The molecule has 1 atom stereocenters. The third-order valence-electron chi connectivity index (χ3n) is 3.02. The first kappa shape index (κ1) is 13.8. The van der Waals surface area contributed by atoms with Gasteiger partial charge in [-0.25, -0.2) is 4.39 Å². The zero-order valence-electron chi connectivity index (χ0n) is 10.7. The summed E-state index contributed by atoms with van der Waals surface area (Å²) in [6.45, 7) is 2.31. The normalized spacial score (nSPS) is 12.2. The van der Waals surface area contributed by atoms with Gasteiger partial charge in [0.05, 0.1) is 6.04 Å². The second-order valence-electron chi connectivity index (χ2n) is 4.44. The van der Waals surface area contributed by atoms with Crippen molar-refractivity contribution in [3.05, 3.63) is 64.4 Å². The minimum absolute atomic E-state index is 0.144. The van der Waals surface area contributed by atoms with Crippen molar-refractivity contribution in [3.63, 3.8) is 0 Å². The van der Waals surface area contributed by atoms with E-state index in [4.69, 9.17) is 17.3 Å². The van der Waals surface area contributed by atoms with E-state index in [0.29, 0.717) is 11.6 Å². The van der Waals surface area contributed by atoms with E-state index >= 15 is 0 Å². The quantitative estimate of drug-likeness (QED) is 0.890. The van der Waals surface area contributed by atoms with Gasteiger partial charge in [-0.1, -0.05) is 23.7 Å². The first-order valence-corrected chi connectivity index (χ1v) is 6.46. The first-order valence-electron chi connectivity index (χ1n) is 6.08. The molecule has 0 spiro atoms. The highest BCUT2D eigenvalue weighted by atomic mass is 35.5. The molecule has 2 nitrogen and oxygen atoms in total. The van der Waals surface area contributed by atoms with Crippen molar-refractivity contribution >= 4 is 17.3 Å². The number of nitrogens with two attached hydrogens (primary N) is 1. The largest absolute Gasteiger partial charge is 0.377 e. The Kier molecular flexibility index (Phi) is 4.40. The van der Waals surface area contributed by atoms with Gasteiger partial charge in [0.15, 0.2) is 0 Å². The van der Waals surface area contributed by atoms with Crippen LogP contribution in [0.25, 0.3) is 0 Å². The maximum absolute atomic E-state index is 13.4. The number of benzene rings is 2. The number of rotatable bonds is 4. The predicted octanol–water partition coefficient (Wildman–Crippen LogP) is 3.90. The summed E-state index contributed by atoms with van der Waals surface area (Å²) in [5.74, 6) is -0.257. The van der Waals surface area contributed by atoms with E-state index in [2.05, 4.69) is 5.32 Å². The van der Waals surface area contributed by atoms with Gasteiger partial charge in [-0.05, 0) is 48.4 Å². The minimum Gasteiger partial charge on any atom is -0.377 e. The van der Waals surface area contributed by atoms with Crippen LogP contribution < -0.4 is 11.1 Å². The van der Waals surface area contributed by atoms with Crippen molar-refractivity contribution in [2.75, 3.05) is 11.9 Å². The van der Waals surface area contributed by atoms with Gasteiger partial charge in [-0.3, -0.25) is 0 Å². The van der Waals surface area contributed by atoms with E-state index in [-0.39, 0.29) is 11.9 Å². The second kappa shape index (κ2) is 6.04. The van der Waals surface area contributed by atoms with Gasteiger partial charge in [0.1, 0.15) is 5.82 Å². The van der Waals surface area contributed by atoms with Crippen molar-refractivity contribution in [3.8, 4) is 0 Å². The van der Waals surface area contributed by atoms with Gasteiger partial charge in [-0.15, -0.1) is 0 Å². The Labute approximate surface area is 117 Å². The molecule has 0 bridgehead atoms. The van der Waals surface area contributed by atoms with Crippen LogP contribution in [-0.2, 0) is 0 Å². The molecule has 0 saturated heterocycles. The van der Waals surface area contributed by atoms with Crippen LogP contribution in [0.5, 0.6) is 0 Å². The highest BCUT2D eigenvalue weighted by Gasteiger charge is 2.13. The average molecular weight is 279 g/mol. The number of nitrogens with one attached hydrogen (secondary N) is 1. The zero-order valence-corrected chi connectivity index (χ0v) is 11.4. The van der Waals surface area contributed by atoms with Gasteiger partial charge in [0.2, 0.25) is 0 Å². The number of hydrogen-bond donors (Lipinski definition) is 2. The van der Waals surface area contributed by atoms with Crippen molar-refractivity contribution < 1.29 is 4.39 Å². The molecule has 0 aromatic heterocycles. The summed E-state index contributed by atoms with van der Waals surface area (Å²) in [5.41, 5.74) is 8.53. The minimum atomic E-state index is -0.257. The highest BCUT2D eigenvalue weighted by Crippen LogP contribution is 2.24. The smallest absolute Gasteiger partial charge is 0.123 e. The Hall–Kier alpha value is -1.58. The fourth-order valence-corrected chi connectivity index (χ4v) is 2.22. The molecule has 2 aromatic rings. The number of aryl methyl sites for hydroxylation is 1. The summed E-state index contributed by atoms with van der Waals surface area (Å²) in [5, 5.41) is 3.93. The fourth-order valence-electron chi connectivity index (χ4n) is 2.03. The lowest BCUT2D eigenvalue weighted by molar-refractivity contribution is 0.621. The molecule has 2 aromatic carbocycles. The third kappa shape index (κ3) is 3.46. The van der Waals surface area contributed by atoms with Crippen molar-refractivity contribution in [2.45, 2.75) is 13.0 Å². The average Bonchev–Trinajstić information content (AvgIpc) is 2.39. The number of halogens is 2. The molecule has 3 N–H and O–H groups in total. The van der Waals surface area contributed by atoms with Gasteiger partial charge < -0.3 is 11.1 Å². The summed E-state index contributed by atoms with van der Waals surface area (Å²) >= 11 is 5.94. The van der Waals surface area contributed by atoms with Crippen molar-refractivity contribution in [1.29, 1.82) is 0 Å². The van der Waals surface area contributed by atoms with Gasteiger partial charge >= 0.3 is 0 Å². The number of hydrogen-bond acceptors (Lipinski definition) is 2. The summed E-state index contributed by atoms with van der Waals surface area (Å²) in [6, 6.07) is 12.0. The molecule has 19 heavy (non-hydrogen) atoms. The maximum atomic E-state index is 13.4. The van der Waals surface area contributed by atoms with Gasteiger partial charge in [-0.2, -0.15) is 0 Å². The van der Waals surface area contributed by atoms with E-state index in [1.807, 2.05) is 25.1 Å². The summed E-state index contributed by atoms with van der Waals surface area (Å²) in [6.07, 6.45) is 0. The van der Waals surface area contributed by atoms with E-state index in [1.165, 1.54) is 12.1 Å². The van der Waals surface area contributed by atoms with Crippen LogP contribution in [-0.4, -0.2) is 6.54 Å². The van der Waals surface area contributed by atoms with Crippen LogP contribution in [0, 0.1) is 12.7 Å². The summed E-state index contributed by atoms with van der Waals surface area (Å²) in [7, 11) is 0. The predicted molar refractivity (Wildman–Crippen MR) is 78.0 cm³/mol.